The summed E-state index contributed by atoms with van der Waals surface area (Å²) in [6.07, 6.45) is 3.59. The van der Waals surface area contributed by atoms with Crippen molar-refractivity contribution in [1.82, 2.24) is 29.5 Å². The van der Waals surface area contributed by atoms with E-state index in [4.69, 9.17) is 0 Å². The summed E-state index contributed by atoms with van der Waals surface area (Å²) in [5.41, 5.74) is 3.46. The molecule has 160 valence electrons. The van der Waals surface area contributed by atoms with Gasteiger partial charge in [-0.25, -0.2) is 14.5 Å². The standard InChI is InChI=1S/C23H22N8O/c1-29-19-5-3-2-4-17(19)21-18(22(29)32)12-16-14-26-23(28-31(16)21)27-20-7-6-15(13-25-20)30-10-8-24-9-11-30/h2-7,12-14,24H,8-11H2,1H3,(H,25,27,28). The summed E-state index contributed by atoms with van der Waals surface area (Å²) >= 11 is 0. The highest BCUT2D eigenvalue weighted by Crippen LogP contribution is 2.25. The Hall–Kier alpha value is -3.98. The maximum Gasteiger partial charge on any atom is 0.260 e. The Labute approximate surface area is 183 Å². The second-order valence-electron chi connectivity index (χ2n) is 7.97. The molecule has 4 aromatic heterocycles. The molecule has 0 spiro atoms. The molecule has 2 N–H and O–H groups in total. The van der Waals surface area contributed by atoms with E-state index in [1.54, 1.807) is 22.3 Å². The van der Waals surface area contributed by atoms with Crippen LogP contribution in [0.15, 0.2) is 59.7 Å². The maximum atomic E-state index is 12.9. The van der Waals surface area contributed by atoms with E-state index in [0.717, 1.165) is 53.8 Å². The van der Waals surface area contributed by atoms with Crippen LogP contribution in [0.3, 0.4) is 0 Å². The fourth-order valence-corrected chi connectivity index (χ4v) is 4.39. The van der Waals surface area contributed by atoms with Gasteiger partial charge in [-0.3, -0.25) is 4.79 Å². The Kier molecular flexibility index (Phi) is 4.29. The van der Waals surface area contributed by atoms with Gasteiger partial charge in [-0.15, -0.1) is 5.10 Å². The number of nitrogens with zero attached hydrogens (tertiary/aromatic N) is 6. The number of para-hydroxylation sites is 1. The van der Waals surface area contributed by atoms with Gasteiger partial charge < -0.3 is 20.1 Å². The number of fused-ring (bicyclic) bond motifs is 5. The average molecular weight is 426 g/mol. The lowest BCUT2D eigenvalue weighted by Gasteiger charge is -2.29. The summed E-state index contributed by atoms with van der Waals surface area (Å²) < 4.78 is 3.46. The smallest absolute Gasteiger partial charge is 0.260 e. The van der Waals surface area contributed by atoms with Crippen LogP contribution in [-0.2, 0) is 7.05 Å². The van der Waals surface area contributed by atoms with E-state index in [1.807, 2.05) is 42.6 Å². The van der Waals surface area contributed by atoms with Crippen molar-refractivity contribution in [2.75, 3.05) is 36.4 Å². The average Bonchev–Trinajstić information content (AvgIpc) is 3.23. The minimum Gasteiger partial charge on any atom is -0.368 e. The van der Waals surface area contributed by atoms with E-state index in [1.165, 1.54) is 0 Å². The number of nitrogens with one attached hydrogen (secondary N) is 2. The van der Waals surface area contributed by atoms with Crippen LogP contribution < -0.4 is 21.1 Å². The molecule has 1 fully saturated rings. The SMILES string of the molecule is Cn1c(=O)c2cc3cnc(Nc4ccc(N5CCNCC5)cn4)nn3c2c2ccccc21. The lowest BCUT2D eigenvalue weighted by molar-refractivity contribution is 0.589. The Morgan fingerprint density at radius 3 is 2.66 bits per heavy atom. The van der Waals surface area contributed by atoms with Crippen LogP contribution in [0.5, 0.6) is 0 Å². The highest BCUT2D eigenvalue weighted by molar-refractivity contribution is 6.06. The van der Waals surface area contributed by atoms with E-state index < -0.39 is 0 Å². The molecule has 5 aromatic rings. The Morgan fingerprint density at radius 2 is 1.84 bits per heavy atom. The highest BCUT2D eigenvalue weighted by atomic mass is 16.1. The van der Waals surface area contributed by atoms with Gasteiger partial charge in [0, 0.05) is 38.6 Å². The first-order valence-corrected chi connectivity index (χ1v) is 10.6. The van der Waals surface area contributed by atoms with Crippen LogP contribution in [0.25, 0.3) is 27.3 Å². The molecule has 6 rings (SSSR count). The maximum absolute atomic E-state index is 12.9. The third-order valence-electron chi connectivity index (χ3n) is 6.04. The molecular formula is C23H22N8O. The number of aromatic nitrogens is 5. The Balaban J connectivity index is 1.40. The van der Waals surface area contributed by atoms with E-state index in [9.17, 15) is 4.79 Å². The topological polar surface area (TPSA) is 92.4 Å². The van der Waals surface area contributed by atoms with Crippen LogP contribution in [0, 0.1) is 0 Å². The largest absolute Gasteiger partial charge is 0.368 e. The molecule has 9 heteroatoms. The summed E-state index contributed by atoms with van der Waals surface area (Å²) in [6.45, 7) is 3.91. The summed E-state index contributed by atoms with van der Waals surface area (Å²) in [6, 6.07) is 13.7. The van der Waals surface area contributed by atoms with Crippen molar-refractivity contribution in [3.63, 3.8) is 0 Å². The fraction of sp³-hybridized carbons (Fsp3) is 0.217. The van der Waals surface area contributed by atoms with Crippen molar-refractivity contribution in [2.45, 2.75) is 0 Å². The van der Waals surface area contributed by atoms with E-state index >= 15 is 0 Å². The molecule has 0 radical (unpaired) electrons. The minimum absolute atomic E-state index is 0.0520. The third kappa shape index (κ3) is 2.97. The Bertz CT molecular complexity index is 1510. The van der Waals surface area contributed by atoms with Crippen LogP contribution in [0.4, 0.5) is 17.5 Å². The first-order valence-electron chi connectivity index (χ1n) is 10.6. The molecule has 0 bridgehead atoms. The first kappa shape index (κ1) is 18.8. The van der Waals surface area contributed by atoms with Crippen molar-refractivity contribution in [1.29, 1.82) is 0 Å². The zero-order valence-corrected chi connectivity index (χ0v) is 17.6. The molecule has 0 unspecified atom stereocenters. The molecule has 0 atom stereocenters. The molecule has 1 aromatic carbocycles. The summed E-state index contributed by atoms with van der Waals surface area (Å²) in [5, 5.41) is 12.8. The molecule has 1 aliphatic rings. The number of benzene rings is 1. The lowest BCUT2D eigenvalue weighted by atomic mass is 10.1. The highest BCUT2D eigenvalue weighted by Gasteiger charge is 2.15. The van der Waals surface area contributed by atoms with E-state index in [2.05, 4.69) is 36.7 Å². The van der Waals surface area contributed by atoms with Crippen LogP contribution in [-0.4, -0.2) is 50.3 Å². The Morgan fingerprint density at radius 1 is 1.00 bits per heavy atom. The van der Waals surface area contributed by atoms with Gasteiger partial charge in [0.2, 0.25) is 5.95 Å². The number of hydrogen-bond donors (Lipinski definition) is 2. The zero-order chi connectivity index (χ0) is 21.7. The van der Waals surface area contributed by atoms with Crippen LogP contribution >= 0.6 is 0 Å². The van der Waals surface area contributed by atoms with Gasteiger partial charge in [0.15, 0.2) is 0 Å². The van der Waals surface area contributed by atoms with Gasteiger partial charge in [-0.05, 0) is 24.3 Å². The molecule has 1 saturated heterocycles. The summed E-state index contributed by atoms with van der Waals surface area (Å²) in [5.74, 6) is 1.09. The number of hydrogen-bond acceptors (Lipinski definition) is 7. The van der Waals surface area contributed by atoms with Gasteiger partial charge in [-0.2, -0.15) is 0 Å². The van der Waals surface area contributed by atoms with Gasteiger partial charge in [0.25, 0.3) is 5.56 Å². The normalized spacial score (nSPS) is 14.5. The third-order valence-corrected chi connectivity index (χ3v) is 6.04. The lowest BCUT2D eigenvalue weighted by Crippen LogP contribution is -2.43. The predicted molar refractivity (Wildman–Crippen MR) is 126 cm³/mol. The van der Waals surface area contributed by atoms with Crippen molar-refractivity contribution in [2.24, 2.45) is 7.05 Å². The van der Waals surface area contributed by atoms with Crippen molar-refractivity contribution in [3.8, 4) is 0 Å². The molecule has 32 heavy (non-hydrogen) atoms. The minimum atomic E-state index is -0.0520. The first-order chi connectivity index (χ1) is 15.7. The summed E-state index contributed by atoms with van der Waals surface area (Å²) in [4.78, 5) is 24.2. The number of rotatable bonds is 3. The van der Waals surface area contributed by atoms with Crippen molar-refractivity contribution >= 4 is 44.8 Å². The number of aryl methyl sites for hydroxylation is 1. The van der Waals surface area contributed by atoms with E-state index in [0.29, 0.717) is 17.2 Å². The number of piperazine rings is 1. The van der Waals surface area contributed by atoms with Crippen LogP contribution in [0.2, 0.25) is 0 Å². The second-order valence-corrected chi connectivity index (χ2v) is 7.97. The monoisotopic (exact) mass is 426 g/mol. The second kappa shape index (κ2) is 7.31. The predicted octanol–water partition coefficient (Wildman–Crippen LogP) is 2.28. The van der Waals surface area contributed by atoms with E-state index in [-0.39, 0.29) is 5.56 Å². The molecule has 5 heterocycles. The fourth-order valence-electron chi connectivity index (χ4n) is 4.39. The number of pyridine rings is 2. The molecule has 1 aliphatic heterocycles. The quantitative estimate of drug-likeness (QED) is 0.457. The number of anilines is 3. The van der Waals surface area contributed by atoms with Gasteiger partial charge in [0.05, 0.1) is 40.0 Å². The molecule has 0 amide bonds. The summed E-state index contributed by atoms with van der Waals surface area (Å²) in [7, 11) is 1.79. The van der Waals surface area contributed by atoms with Crippen LogP contribution in [0.1, 0.15) is 0 Å². The molecular weight excluding hydrogens is 404 g/mol. The molecule has 9 nitrogen and oxygen atoms in total. The van der Waals surface area contributed by atoms with Gasteiger partial charge in [0.1, 0.15) is 5.82 Å². The van der Waals surface area contributed by atoms with Crippen molar-refractivity contribution < 1.29 is 0 Å². The van der Waals surface area contributed by atoms with Crippen molar-refractivity contribution in [3.05, 3.63) is 65.2 Å². The zero-order valence-electron chi connectivity index (χ0n) is 17.6. The van der Waals surface area contributed by atoms with Gasteiger partial charge in [-0.1, -0.05) is 18.2 Å². The molecule has 0 aliphatic carbocycles. The molecule has 0 saturated carbocycles. The van der Waals surface area contributed by atoms with Gasteiger partial charge >= 0.3 is 0 Å².